The van der Waals surface area contributed by atoms with E-state index in [-0.39, 0.29) is 43.7 Å². The van der Waals surface area contributed by atoms with Crippen LogP contribution in [0.15, 0.2) is 83.6 Å². The van der Waals surface area contributed by atoms with Crippen LogP contribution in [0.5, 0.6) is 0 Å². The first-order chi connectivity index (χ1) is 37.0. The fraction of sp³-hybridized carbons (Fsp3) is 0.541. The summed E-state index contributed by atoms with van der Waals surface area (Å²) in [6, 6.07) is 19.2. The van der Waals surface area contributed by atoms with Gasteiger partial charge in [-0.1, -0.05) is 94.8 Å². The smallest absolute Gasteiger partial charge is 0.251 e. The Labute approximate surface area is 463 Å². The van der Waals surface area contributed by atoms with Crippen LogP contribution >= 0.6 is 0 Å². The SMILES string of the molecule is CC.CC=N/C(C)=C(\C)c1ccc(CNC(=O)C2C[C@@H](O)CN2C(=O)C(NC(=O)CCCOCCOCCOCCOCCNC(=O)c2ccc(C)c(-c3cn(C)nc3C)c2)C(C)(C)C)cc1.Cc1ccc(C(C)(C)F)cc1. The maximum atomic E-state index is 13.9. The Morgan fingerprint density at radius 2 is 1.38 bits per heavy atom. The molecule has 16 nitrogen and oxygen atoms in total. The Kier molecular flexibility index (Phi) is 28.3. The number of alkyl halides is 1. The topological polar surface area (TPSA) is 195 Å². The molecule has 0 saturated carbocycles. The largest absolute Gasteiger partial charge is 0.391 e. The van der Waals surface area contributed by atoms with Crippen molar-refractivity contribution in [2.24, 2.45) is 17.5 Å². The molecule has 0 spiro atoms. The van der Waals surface area contributed by atoms with Crippen molar-refractivity contribution in [1.82, 2.24) is 30.6 Å². The summed E-state index contributed by atoms with van der Waals surface area (Å²) in [6.07, 6.45) is 3.56. The number of aliphatic hydroxyl groups excluding tert-OH is 1. The first kappa shape index (κ1) is 66.2. The van der Waals surface area contributed by atoms with Gasteiger partial charge in [-0.15, -0.1) is 0 Å². The molecule has 1 fully saturated rings. The van der Waals surface area contributed by atoms with Crippen molar-refractivity contribution in [2.75, 3.05) is 65.9 Å². The van der Waals surface area contributed by atoms with Crippen LogP contribution in [0.25, 0.3) is 16.7 Å². The number of rotatable bonds is 26. The second-order valence-corrected chi connectivity index (χ2v) is 20.8. The predicted octanol–water partition coefficient (Wildman–Crippen LogP) is 9.16. The van der Waals surface area contributed by atoms with Crippen molar-refractivity contribution in [3.8, 4) is 11.1 Å². The average molecular weight is 1080 g/mol. The number of allylic oxidation sites excluding steroid dienone is 2. The number of carbonyl (C=O) groups excluding carboxylic acids is 4. The lowest BCUT2D eigenvalue weighted by atomic mass is 9.85. The zero-order valence-corrected chi connectivity index (χ0v) is 49.0. The maximum Gasteiger partial charge on any atom is 0.251 e. The molecule has 0 bridgehead atoms. The fourth-order valence-electron chi connectivity index (χ4n) is 8.34. The first-order valence-electron chi connectivity index (χ1n) is 27.3. The number of aromatic nitrogens is 2. The number of likely N-dealkylation sites (tertiary alicyclic amines) is 1. The lowest BCUT2D eigenvalue weighted by molar-refractivity contribution is -0.144. The van der Waals surface area contributed by atoms with Crippen molar-refractivity contribution in [3.63, 3.8) is 0 Å². The third-order valence-corrected chi connectivity index (χ3v) is 12.9. The molecule has 78 heavy (non-hydrogen) atoms. The molecule has 0 aliphatic carbocycles. The molecule has 1 saturated heterocycles. The molecule has 4 N–H and O–H groups in total. The van der Waals surface area contributed by atoms with E-state index in [0.29, 0.717) is 71.4 Å². The second-order valence-electron chi connectivity index (χ2n) is 20.8. The zero-order valence-electron chi connectivity index (χ0n) is 49.0. The van der Waals surface area contributed by atoms with E-state index in [4.69, 9.17) is 18.9 Å². The van der Waals surface area contributed by atoms with Gasteiger partial charge in [0, 0.05) is 75.4 Å². The van der Waals surface area contributed by atoms with Crippen LogP contribution in [0, 0.1) is 26.2 Å². The van der Waals surface area contributed by atoms with E-state index in [9.17, 15) is 28.7 Å². The highest BCUT2D eigenvalue weighted by molar-refractivity contribution is 5.96. The van der Waals surface area contributed by atoms with E-state index in [1.165, 1.54) is 4.90 Å². The number of aliphatic hydroxyl groups is 1. The third kappa shape index (κ3) is 22.3. The Balaban J connectivity index is 0.00000108. The van der Waals surface area contributed by atoms with Gasteiger partial charge in [-0.3, -0.25) is 28.9 Å². The number of hydrogen-bond donors (Lipinski definition) is 4. The van der Waals surface area contributed by atoms with Gasteiger partial charge in [0.25, 0.3) is 5.91 Å². The van der Waals surface area contributed by atoms with Crippen molar-refractivity contribution >= 4 is 35.4 Å². The van der Waals surface area contributed by atoms with Crippen LogP contribution in [-0.2, 0) is 52.6 Å². The van der Waals surface area contributed by atoms with Crippen molar-refractivity contribution in [3.05, 3.63) is 118 Å². The predicted molar refractivity (Wildman–Crippen MR) is 308 cm³/mol. The molecule has 2 unspecified atom stereocenters. The van der Waals surface area contributed by atoms with Gasteiger partial charge in [0.05, 0.1) is 58.0 Å². The van der Waals surface area contributed by atoms with E-state index < -0.39 is 35.2 Å². The molecule has 4 aromatic rings. The number of halogens is 1. The molecule has 1 aromatic heterocycles. The number of nitrogens with zero attached hydrogens (tertiary/aromatic N) is 4. The number of hydrogen-bond acceptors (Lipinski definition) is 11. The summed E-state index contributed by atoms with van der Waals surface area (Å²) in [5.74, 6) is -1.23. The zero-order chi connectivity index (χ0) is 58.0. The Hall–Kier alpha value is -6.11. The molecule has 1 aliphatic heterocycles. The minimum Gasteiger partial charge on any atom is -0.391 e. The number of benzene rings is 3. The Morgan fingerprint density at radius 1 is 0.808 bits per heavy atom. The van der Waals surface area contributed by atoms with Gasteiger partial charge in [0.2, 0.25) is 17.7 Å². The van der Waals surface area contributed by atoms with Gasteiger partial charge in [-0.25, -0.2) is 4.39 Å². The highest BCUT2D eigenvalue weighted by Gasteiger charge is 2.44. The molecule has 1 aliphatic rings. The minimum atomic E-state index is -1.21. The summed E-state index contributed by atoms with van der Waals surface area (Å²) in [5, 5.41) is 23.7. The molecule has 5 rings (SSSR count). The molecular formula is C61H90FN7O9. The van der Waals surface area contributed by atoms with Gasteiger partial charge in [-0.05, 0) is 113 Å². The van der Waals surface area contributed by atoms with Crippen molar-refractivity contribution in [1.29, 1.82) is 0 Å². The highest BCUT2D eigenvalue weighted by atomic mass is 19.1. The van der Waals surface area contributed by atoms with E-state index in [0.717, 1.165) is 55.9 Å². The highest BCUT2D eigenvalue weighted by Crippen LogP contribution is 2.29. The monoisotopic (exact) mass is 1080 g/mol. The van der Waals surface area contributed by atoms with E-state index in [1.807, 2.05) is 156 Å². The molecule has 0 radical (unpaired) electrons. The molecule has 3 atom stereocenters. The summed E-state index contributed by atoms with van der Waals surface area (Å²) in [6.45, 7) is 28.1. The van der Waals surface area contributed by atoms with Crippen LogP contribution in [0.3, 0.4) is 0 Å². The lowest BCUT2D eigenvalue weighted by Crippen LogP contribution is -2.57. The average Bonchev–Trinajstić information content (AvgIpc) is 3.97. The number of β-amino-alcohol motifs (C(OH)–C–C–N with tert-alkyl or cyclic N) is 1. The van der Waals surface area contributed by atoms with Crippen molar-refractivity contribution in [2.45, 2.75) is 140 Å². The molecule has 17 heteroatoms. The van der Waals surface area contributed by atoms with Crippen LogP contribution < -0.4 is 16.0 Å². The lowest BCUT2D eigenvalue weighted by Gasteiger charge is -2.35. The van der Waals surface area contributed by atoms with Crippen LogP contribution in [-0.4, -0.2) is 134 Å². The van der Waals surface area contributed by atoms with Crippen molar-refractivity contribution < 1.29 is 47.6 Å². The van der Waals surface area contributed by atoms with Crippen LogP contribution in [0.2, 0.25) is 0 Å². The molecule has 3 aromatic carbocycles. The summed E-state index contributed by atoms with van der Waals surface area (Å²) in [7, 11) is 1.88. The second kappa shape index (κ2) is 33.4. The number of nitrogens with one attached hydrogen (secondary N) is 3. The van der Waals surface area contributed by atoms with Crippen LogP contribution in [0.1, 0.15) is 132 Å². The number of aliphatic imine (C=N–C) groups is 1. The minimum absolute atomic E-state index is 0.00326. The van der Waals surface area contributed by atoms with Crippen LogP contribution in [0.4, 0.5) is 4.39 Å². The van der Waals surface area contributed by atoms with Gasteiger partial charge in [-0.2, -0.15) is 5.10 Å². The third-order valence-electron chi connectivity index (χ3n) is 12.9. The quantitative estimate of drug-likeness (QED) is 0.0348. The molecule has 4 amide bonds. The van der Waals surface area contributed by atoms with Gasteiger partial charge < -0.3 is 44.9 Å². The molecule has 2 heterocycles. The molecule has 430 valence electrons. The summed E-state index contributed by atoms with van der Waals surface area (Å²) >= 11 is 0. The summed E-state index contributed by atoms with van der Waals surface area (Å²) in [4.78, 5) is 58.9. The first-order valence-corrected chi connectivity index (χ1v) is 27.3. The number of ether oxygens (including phenoxy) is 4. The number of amides is 4. The number of carbonyl (C=O) groups is 4. The van der Waals surface area contributed by atoms with E-state index in [1.54, 1.807) is 24.7 Å². The normalized spacial score (nSPS) is 15.2. The maximum absolute atomic E-state index is 13.9. The number of aryl methyl sites for hydroxylation is 4. The van der Waals surface area contributed by atoms with Gasteiger partial charge in [0.15, 0.2) is 0 Å². The Bertz CT molecular complexity index is 2550. The molecular weight excluding hydrogens is 994 g/mol. The van der Waals surface area contributed by atoms with Gasteiger partial charge in [0.1, 0.15) is 17.8 Å². The Morgan fingerprint density at radius 3 is 1.94 bits per heavy atom. The standard InChI is InChI=1S/C49H71N7O9.C10H13F.C2H6/c1-10-50-35(4)34(3)38-17-14-37(15-18-38)30-52-47(60)43-29-40(57)31-56(43)48(61)45(49(6,7)8)53-44(58)12-11-20-62-22-24-64-26-27-65-25-23-63-21-19-51-46(59)39-16-13-33(2)41(28-39)42-32-55(9)54-36(42)5;1-8-4-6-9(7-5-8)10(2,3)11;1-2/h10,13-18,28,32,40,43,45,57H,11-12,19-27,29-31H2,1-9H3,(H,51,59)(H,52,60)(H,53,58);4-7H,1-3H3;1-2H3/b35-34+,50-10?;;/t40-,43?,45?;;/m1../s1. The summed E-state index contributed by atoms with van der Waals surface area (Å²) in [5.41, 5.74) is 8.51. The fourth-order valence-corrected chi connectivity index (χ4v) is 8.34. The van der Waals surface area contributed by atoms with E-state index in [2.05, 4.69) is 26.0 Å². The van der Waals surface area contributed by atoms with E-state index >= 15 is 0 Å². The summed E-state index contributed by atoms with van der Waals surface area (Å²) < 4.78 is 37.4. The van der Waals surface area contributed by atoms with Gasteiger partial charge >= 0.3 is 0 Å².